The molecule has 1 aromatic heterocycles. The van der Waals surface area contributed by atoms with Gasteiger partial charge in [-0.15, -0.1) is 0 Å². The molecular weight excluding hydrogens is 182 g/mol. The van der Waals surface area contributed by atoms with Crippen molar-refractivity contribution in [1.82, 2.24) is 4.98 Å². The Balaban J connectivity index is 2.46. The SMILES string of the molecule is CC(C)C1CCc2ccnc(Cl)c21. The van der Waals surface area contributed by atoms with Crippen LogP contribution in [0.5, 0.6) is 0 Å². The molecule has 0 amide bonds. The number of pyridine rings is 1. The molecule has 0 fully saturated rings. The van der Waals surface area contributed by atoms with Crippen molar-refractivity contribution < 1.29 is 0 Å². The van der Waals surface area contributed by atoms with E-state index in [1.165, 1.54) is 24.0 Å². The van der Waals surface area contributed by atoms with Crippen LogP contribution in [-0.2, 0) is 6.42 Å². The summed E-state index contributed by atoms with van der Waals surface area (Å²) in [7, 11) is 0. The van der Waals surface area contributed by atoms with Crippen molar-refractivity contribution >= 4 is 11.6 Å². The zero-order valence-electron chi connectivity index (χ0n) is 8.05. The van der Waals surface area contributed by atoms with Crippen molar-refractivity contribution in [3.63, 3.8) is 0 Å². The molecule has 0 aliphatic heterocycles. The first-order valence-corrected chi connectivity index (χ1v) is 5.21. The van der Waals surface area contributed by atoms with Gasteiger partial charge < -0.3 is 0 Å². The molecule has 1 nitrogen and oxygen atoms in total. The molecule has 0 saturated heterocycles. The van der Waals surface area contributed by atoms with Crippen LogP contribution in [0.2, 0.25) is 5.15 Å². The number of aryl methyl sites for hydroxylation is 1. The quantitative estimate of drug-likeness (QED) is 0.626. The third-order valence-electron chi connectivity index (χ3n) is 2.93. The molecule has 70 valence electrons. The molecule has 1 aliphatic rings. The van der Waals surface area contributed by atoms with E-state index in [2.05, 4.69) is 24.9 Å². The van der Waals surface area contributed by atoms with Gasteiger partial charge in [-0.1, -0.05) is 25.4 Å². The van der Waals surface area contributed by atoms with E-state index in [0.717, 1.165) is 0 Å². The van der Waals surface area contributed by atoms with Crippen LogP contribution in [0, 0.1) is 5.92 Å². The molecule has 13 heavy (non-hydrogen) atoms. The summed E-state index contributed by atoms with van der Waals surface area (Å²) in [4.78, 5) is 4.15. The molecule has 2 rings (SSSR count). The lowest BCUT2D eigenvalue weighted by Crippen LogP contribution is -2.03. The minimum atomic E-state index is 0.621. The van der Waals surface area contributed by atoms with Crippen LogP contribution < -0.4 is 0 Å². The average molecular weight is 196 g/mol. The number of nitrogens with zero attached hydrogens (tertiary/aromatic N) is 1. The number of hydrogen-bond acceptors (Lipinski definition) is 1. The zero-order chi connectivity index (χ0) is 9.42. The van der Waals surface area contributed by atoms with Gasteiger partial charge >= 0.3 is 0 Å². The highest BCUT2D eigenvalue weighted by atomic mass is 35.5. The van der Waals surface area contributed by atoms with Gasteiger partial charge in [0, 0.05) is 6.20 Å². The number of rotatable bonds is 1. The lowest BCUT2D eigenvalue weighted by Gasteiger charge is -2.15. The lowest BCUT2D eigenvalue weighted by molar-refractivity contribution is 0.495. The van der Waals surface area contributed by atoms with Gasteiger partial charge in [-0.2, -0.15) is 0 Å². The van der Waals surface area contributed by atoms with Gasteiger partial charge in [-0.25, -0.2) is 4.98 Å². The predicted molar refractivity (Wildman–Crippen MR) is 55.1 cm³/mol. The van der Waals surface area contributed by atoms with Crippen LogP contribution in [-0.4, -0.2) is 4.98 Å². The van der Waals surface area contributed by atoms with Gasteiger partial charge in [0.2, 0.25) is 0 Å². The Bertz CT molecular complexity index is 320. The first-order valence-electron chi connectivity index (χ1n) is 4.83. The van der Waals surface area contributed by atoms with Crippen LogP contribution in [0.1, 0.15) is 37.3 Å². The van der Waals surface area contributed by atoms with Gasteiger partial charge in [0.15, 0.2) is 0 Å². The molecule has 1 aliphatic carbocycles. The average Bonchev–Trinajstić information content (AvgIpc) is 2.49. The fourth-order valence-electron chi connectivity index (χ4n) is 2.22. The maximum atomic E-state index is 6.10. The minimum absolute atomic E-state index is 0.621. The Hall–Kier alpha value is -0.560. The van der Waals surface area contributed by atoms with E-state index in [0.29, 0.717) is 17.0 Å². The Morgan fingerprint density at radius 1 is 1.54 bits per heavy atom. The van der Waals surface area contributed by atoms with Crippen LogP contribution in [0.4, 0.5) is 0 Å². The topological polar surface area (TPSA) is 12.9 Å². The third-order valence-corrected chi connectivity index (χ3v) is 3.23. The summed E-state index contributed by atoms with van der Waals surface area (Å²) in [5, 5.41) is 0.716. The molecule has 0 bridgehead atoms. The number of fused-ring (bicyclic) bond motifs is 1. The Labute approximate surface area is 84.1 Å². The van der Waals surface area contributed by atoms with Crippen LogP contribution >= 0.6 is 11.6 Å². The van der Waals surface area contributed by atoms with Gasteiger partial charge in [0.25, 0.3) is 0 Å². The van der Waals surface area contributed by atoms with Crippen molar-refractivity contribution in [1.29, 1.82) is 0 Å². The highest BCUT2D eigenvalue weighted by molar-refractivity contribution is 6.30. The molecule has 1 heterocycles. The molecule has 1 atom stereocenters. The molecule has 2 heteroatoms. The summed E-state index contributed by atoms with van der Waals surface area (Å²) in [6.45, 7) is 4.51. The van der Waals surface area contributed by atoms with Crippen LogP contribution in [0.25, 0.3) is 0 Å². The normalized spacial score (nSPS) is 20.8. The van der Waals surface area contributed by atoms with Gasteiger partial charge in [0.05, 0.1) is 0 Å². The van der Waals surface area contributed by atoms with Crippen molar-refractivity contribution in [2.45, 2.75) is 32.6 Å². The van der Waals surface area contributed by atoms with Crippen molar-refractivity contribution in [3.8, 4) is 0 Å². The van der Waals surface area contributed by atoms with E-state index in [1.54, 1.807) is 0 Å². The van der Waals surface area contributed by atoms with E-state index in [1.807, 2.05) is 6.20 Å². The summed E-state index contributed by atoms with van der Waals surface area (Å²) in [6, 6.07) is 2.10. The predicted octanol–water partition coefficient (Wildman–Crippen LogP) is 3.42. The number of aromatic nitrogens is 1. The second-order valence-electron chi connectivity index (χ2n) is 4.06. The van der Waals surface area contributed by atoms with E-state index >= 15 is 0 Å². The second-order valence-corrected chi connectivity index (χ2v) is 4.42. The van der Waals surface area contributed by atoms with E-state index in [4.69, 9.17) is 11.6 Å². The zero-order valence-corrected chi connectivity index (χ0v) is 8.80. The van der Waals surface area contributed by atoms with Crippen molar-refractivity contribution in [2.75, 3.05) is 0 Å². The number of halogens is 1. The van der Waals surface area contributed by atoms with Gasteiger partial charge in [-0.3, -0.25) is 0 Å². The van der Waals surface area contributed by atoms with Crippen LogP contribution in [0.15, 0.2) is 12.3 Å². The first kappa shape index (κ1) is 9.01. The Morgan fingerprint density at radius 2 is 2.31 bits per heavy atom. The smallest absolute Gasteiger partial charge is 0.132 e. The summed E-state index contributed by atoms with van der Waals surface area (Å²) >= 11 is 6.10. The third kappa shape index (κ3) is 1.46. The molecule has 0 radical (unpaired) electrons. The lowest BCUT2D eigenvalue weighted by atomic mass is 9.91. The highest BCUT2D eigenvalue weighted by Crippen LogP contribution is 2.40. The molecular formula is C11H14ClN. The molecule has 1 unspecified atom stereocenters. The van der Waals surface area contributed by atoms with Crippen molar-refractivity contribution in [3.05, 3.63) is 28.5 Å². The highest BCUT2D eigenvalue weighted by Gasteiger charge is 2.27. The fourth-order valence-corrected chi connectivity index (χ4v) is 2.53. The van der Waals surface area contributed by atoms with Crippen molar-refractivity contribution in [2.24, 2.45) is 5.92 Å². The molecule has 0 spiro atoms. The molecule has 0 saturated carbocycles. The number of hydrogen-bond donors (Lipinski definition) is 0. The molecule has 1 aromatic rings. The second kappa shape index (κ2) is 3.30. The maximum Gasteiger partial charge on any atom is 0.132 e. The summed E-state index contributed by atoms with van der Waals surface area (Å²) in [5.41, 5.74) is 2.71. The largest absolute Gasteiger partial charge is 0.244 e. The van der Waals surface area contributed by atoms with E-state index < -0.39 is 0 Å². The monoisotopic (exact) mass is 195 g/mol. The summed E-state index contributed by atoms with van der Waals surface area (Å²) in [6.07, 6.45) is 4.21. The van der Waals surface area contributed by atoms with Gasteiger partial charge in [-0.05, 0) is 41.9 Å². The Kier molecular flexibility index (Phi) is 2.29. The van der Waals surface area contributed by atoms with Crippen LogP contribution in [0.3, 0.4) is 0 Å². The van der Waals surface area contributed by atoms with Gasteiger partial charge in [0.1, 0.15) is 5.15 Å². The Morgan fingerprint density at radius 3 is 3.00 bits per heavy atom. The summed E-state index contributed by atoms with van der Waals surface area (Å²) in [5.74, 6) is 1.29. The maximum absolute atomic E-state index is 6.10. The fraction of sp³-hybridized carbons (Fsp3) is 0.545. The standard InChI is InChI=1S/C11H14ClN/c1-7(2)9-4-3-8-5-6-13-11(12)10(8)9/h5-7,9H,3-4H2,1-2H3. The van der Waals surface area contributed by atoms with E-state index in [-0.39, 0.29) is 0 Å². The molecule has 0 aromatic carbocycles. The van der Waals surface area contributed by atoms with E-state index in [9.17, 15) is 0 Å². The summed E-state index contributed by atoms with van der Waals surface area (Å²) < 4.78 is 0. The first-order chi connectivity index (χ1) is 6.20. The minimum Gasteiger partial charge on any atom is -0.244 e. The molecule has 0 N–H and O–H groups in total.